The number of pyridine rings is 2. The van der Waals surface area contributed by atoms with Gasteiger partial charge in [0.1, 0.15) is 13.3 Å². The fourth-order valence-electron chi connectivity index (χ4n) is 5.46. The van der Waals surface area contributed by atoms with Crippen LogP contribution in [-0.2, 0) is 49.0 Å². The summed E-state index contributed by atoms with van der Waals surface area (Å²) in [7, 11) is 0. The number of nitrogens with one attached hydrogen (secondary N) is 1. The van der Waals surface area contributed by atoms with Crippen LogP contribution in [0.4, 0.5) is 0 Å². The maximum Gasteiger partial charge on any atom is 0.343 e. The average molecular weight is 583 g/mol. The van der Waals surface area contributed by atoms with Crippen LogP contribution in [0.2, 0.25) is 0 Å². The van der Waals surface area contributed by atoms with E-state index in [2.05, 4.69) is 5.32 Å². The van der Waals surface area contributed by atoms with Crippen molar-refractivity contribution in [1.82, 2.24) is 14.9 Å². The zero-order chi connectivity index (χ0) is 30.0. The molecule has 5 heterocycles. The minimum atomic E-state index is -1.90. The maximum absolute atomic E-state index is 13.6. The molecule has 14 nitrogen and oxygen atoms in total. The molecule has 0 fully saturated rings. The first-order valence-electron chi connectivity index (χ1n) is 13.3. The molecule has 0 bridgehead atoms. The van der Waals surface area contributed by atoms with Crippen molar-refractivity contribution in [3.05, 3.63) is 50.8 Å². The Morgan fingerprint density at radius 2 is 1.95 bits per heavy atom. The molecular formula is C28H30N4O10. The molecule has 14 heteroatoms. The summed E-state index contributed by atoms with van der Waals surface area (Å²) in [6.45, 7) is 2.00. The molecule has 1 amide bonds. The monoisotopic (exact) mass is 582 g/mol. The van der Waals surface area contributed by atoms with E-state index in [4.69, 9.17) is 39.6 Å². The highest BCUT2D eigenvalue weighted by Crippen LogP contribution is 2.43. The van der Waals surface area contributed by atoms with Crippen molar-refractivity contribution in [1.29, 1.82) is 0 Å². The molecule has 0 spiro atoms. The zero-order valence-electron chi connectivity index (χ0n) is 22.8. The summed E-state index contributed by atoms with van der Waals surface area (Å²) in [5, 5.41) is 21.5. The van der Waals surface area contributed by atoms with E-state index in [1.54, 1.807) is 17.6 Å². The molecule has 0 saturated heterocycles. The summed E-state index contributed by atoms with van der Waals surface area (Å²) in [6, 6.07) is 5.42. The van der Waals surface area contributed by atoms with E-state index in [1.165, 1.54) is 0 Å². The van der Waals surface area contributed by atoms with E-state index >= 15 is 0 Å². The lowest BCUT2D eigenvalue weighted by molar-refractivity contribution is -0.172. The molecular weight excluding hydrogens is 552 g/mol. The van der Waals surface area contributed by atoms with E-state index in [9.17, 15) is 19.5 Å². The van der Waals surface area contributed by atoms with Crippen molar-refractivity contribution >= 4 is 29.3 Å². The summed E-state index contributed by atoms with van der Waals surface area (Å²) in [5.41, 5.74) is 7.32. The molecule has 0 saturated carbocycles. The molecule has 3 aromatic rings. The maximum atomic E-state index is 13.6. The lowest BCUT2D eigenvalue weighted by Crippen LogP contribution is -2.44. The number of carbonyl (C=O) groups excluding carboxylic acids is 2. The predicted octanol–water partition coefficient (Wildman–Crippen LogP) is 0.491. The number of aryl methyl sites for hydroxylation is 1. The van der Waals surface area contributed by atoms with Crippen molar-refractivity contribution in [2.24, 2.45) is 5.73 Å². The van der Waals surface area contributed by atoms with E-state index in [0.717, 1.165) is 16.5 Å². The van der Waals surface area contributed by atoms with Crippen molar-refractivity contribution in [3.63, 3.8) is 0 Å². The van der Waals surface area contributed by atoms with Gasteiger partial charge in [0.15, 0.2) is 17.1 Å². The highest BCUT2D eigenvalue weighted by Gasteiger charge is 2.45. The Kier molecular flexibility index (Phi) is 8.11. The number of nitrogens with two attached hydrogens (primary N) is 1. The summed E-state index contributed by atoms with van der Waals surface area (Å²) in [4.78, 5) is 50.7. The third kappa shape index (κ3) is 4.93. The highest BCUT2D eigenvalue weighted by atomic mass is 16.7. The molecule has 0 radical (unpaired) electrons. The number of nitrogens with zero attached hydrogens (tertiary/aromatic N) is 2. The molecule has 3 aliphatic heterocycles. The second-order valence-corrected chi connectivity index (χ2v) is 9.81. The number of hydrogen-bond acceptors (Lipinski definition) is 11. The van der Waals surface area contributed by atoms with Crippen LogP contribution in [0.15, 0.2) is 23.0 Å². The zero-order valence-corrected chi connectivity index (χ0v) is 22.8. The topological polar surface area (TPSA) is 202 Å². The Morgan fingerprint density at radius 3 is 2.67 bits per heavy atom. The molecule has 1 aromatic carbocycles. The predicted molar refractivity (Wildman–Crippen MR) is 146 cm³/mol. The van der Waals surface area contributed by atoms with Crippen LogP contribution < -0.4 is 26.1 Å². The van der Waals surface area contributed by atoms with Crippen molar-refractivity contribution in [2.45, 2.75) is 44.9 Å². The molecule has 6 rings (SSSR count). The number of carboxylic acid groups (broad SMARTS) is 1. The fourth-order valence-corrected chi connectivity index (χ4v) is 5.46. The minimum absolute atomic E-state index is 0.0669. The second kappa shape index (κ2) is 11.8. The number of esters is 1. The number of fused-ring (bicyclic) bond motifs is 6. The number of carbonyl (C=O) groups is 3. The third-order valence-corrected chi connectivity index (χ3v) is 7.57. The summed E-state index contributed by atoms with van der Waals surface area (Å²) in [5.74, 6) is 0.154. The van der Waals surface area contributed by atoms with E-state index in [-0.39, 0.29) is 68.7 Å². The van der Waals surface area contributed by atoms with Gasteiger partial charge in [-0.2, -0.15) is 0 Å². The number of aliphatic hydroxyl groups is 1. The van der Waals surface area contributed by atoms with Crippen LogP contribution >= 0.6 is 0 Å². The lowest BCUT2D eigenvalue weighted by atomic mass is 9.86. The minimum Gasteiger partial charge on any atom is -0.483 e. The van der Waals surface area contributed by atoms with Gasteiger partial charge < -0.3 is 44.8 Å². The number of benzene rings is 1. The van der Waals surface area contributed by atoms with Crippen molar-refractivity contribution in [2.75, 3.05) is 26.7 Å². The fraction of sp³-hybridized carbons (Fsp3) is 0.393. The van der Waals surface area contributed by atoms with Gasteiger partial charge in [-0.15, -0.1) is 0 Å². The molecule has 3 aliphatic rings. The second-order valence-electron chi connectivity index (χ2n) is 9.81. The summed E-state index contributed by atoms with van der Waals surface area (Å²) in [6.07, 6.45) is 1.31. The number of ether oxygens (including phenoxy) is 4. The van der Waals surface area contributed by atoms with Gasteiger partial charge >= 0.3 is 5.97 Å². The smallest absolute Gasteiger partial charge is 0.343 e. The number of amides is 1. The van der Waals surface area contributed by atoms with Gasteiger partial charge in [-0.25, -0.2) is 9.78 Å². The average Bonchev–Trinajstić information content (AvgIpc) is 3.60. The van der Waals surface area contributed by atoms with Gasteiger partial charge in [0, 0.05) is 29.2 Å². The summed E-state index contributed by atoms with van der Waals surface area (Å²) < 4.78 is 23.5. The van der Waals surface area contributed by atoms with Gasteiger partial charge in [0.2, 0.25) is 12.7 Å². The Morgan fingerprint density at radius 1 is 1.21 bits per heavy atom. The molecule has 2 aromatic heterocycles. The van der Waals surface area contributed by atoms with Crippen LogP contribution in [-0.4, -0.2) is 64.8 Å². The standard InChI is InChI=1S/C27H28N4O8.CH2O2/c1-2-27(35)18-7-20-24-16(10-31(20)25(33)17(18)11-37-26(27)34)14(4-3-5-36-12-29-23(32)9-28)15-6-21-22(39-13-38-21)8-19(15)30-24;2-1-3/h6-8,35H,2-5,9-13,28H2,1H3,(H,29,32);1H,(H,2,3)/t27-;/m0./s1. The number of hydrogen-bond donors (Lipinski definition) is 4. The largest absolute Gasteiger partial charge is 0.483 e. The summed E-state index contributed by atoms with van der Waals surface area (Å²) >= 11 is 0. The first-order chi connectivity index (χ1) is 20.3. The molecule has 0 aliphatic carbocycles. The van der Waals surface area contributed by atoms with Crippen LogP contribution in [0.25, 0.3) is 22.3 Å². The van der Waals surface area contributed by atoms with Gasteiger partial charge in [0.05, 0.1) is 35.6 Å². The van der Waals surface area contributed by atoms with Crippen molar-refractivity contribution < 1.29 is 43.5 Å². The Bertz CT molecular complexity index is 1640. The first-order valence-corrected chi connectivity index (χ1v) is 13.3. The van der Waals surface area contributed by atoms with Crippen LogP contribution in [0.5, 0.6) is 11.5 Å². The third-order valence-electron chi connectivity index (χ3n) is 7.57. The quantitative estimate of drug-likeness (QED) is 0.0971. The molecule has 0 unspecified atom stereocenters. The van der Waals surface area contributed by atoms with Gasteiger partial charge in [-0.3, -0.25) is 14.4 Å². The normalized spacial score (nSPS) is 17.5. The number of rotatable bonds is 8. The molecule has 5 N–H and O–H groups in total. The van der Waals surface area contributed by atoms with Gasteiger partial charge in [0.25, 0.3) is 12.0 Å². The molecule has 42 heavy (non-hydrogen) atoms. The Hall–Kier alpha value is -4.53. The SMILES string of the molecule is CC[C@@]1(O)C(=O)OCc2c1cc1n(c2=O)Cc2c-1nc1cc3c(cc1c2CCCOCNC(=O)CN)OCO3.O=CO. The van der Waals surface area contributed by atoms with Gasteiger partial charge in [-0.05, 0) is 37.0 Å². The van der Waals surface area contributed by atoms with Crippen LogP contribution in [0.1, 0.15) is 42.0 Å². The van der Waals surface area contributed by atoms with Crippen molar-refractivity contribution in [3.8, 4) is 22.9 Å². The molecule has 1 atom stereocenters. The van der Waals surface area contributed by atoms with Gasteiger partial charge in [-0.1, -0.05) is 6.92 Å². The first kappa shape index (κ1) is 29.0. The Balaban J connectivity index is 0.00000113. The highest BCUT2D eigenvalue weighted by molar-refractivity contribution is 5.91. The molecule has 222 valence electrons. The van der Waals surface area contributed by atoms with Crippen LogP contribution in [0.3, 0.4) is 0 Å². The van der Waals surface area contributed by atoms with E-state index < -0.39 is 11.6 Å². The van der Waals surface area contributed by atoms with E-state index in [1.807, 2.05) is 12.1 Å². The lowest BCUT2D eigenvalue weighted by Gasteiger charge is -2.31. The number of cyclic esters (lactones) is 1. The Labute approximate surface area is 238 Å². The van der Waals surface area contributed by atoms with E-state index in [0.29, 0.717) is 47.9 Å². The van der Waals surface area contributed by atoms with Crippen LogP contribution in [0, 0.1) is 0 Å². The number of aromatic nitrogens is 2.